The Hall–Kier alpha value is -3.79. The molecule has 1 atom stereocenters. The summed E-state index contributed by atoms with van der Waals surface area (Å²) in [6, 6.07) is 11.2. The van der Waals surface area contributed by atoms with Crippen LogP contribution in [0.4, 0.5) is 17.6 Å². The summed E-state index contributed by atoms with van der Waals surface area (Å²) in [4.78, 5) is 11.4. The van der Waals surface area contributed by atoms with Crippen molar-refractivity contribution < 1.29 is 41.7 Å². The van der Waals surface area contributed by atoms with Crippen LogP contribution in [0.1, 0.15) is 34.5 Å². The van der Waals surface area contributed by atoms with E-state index in [1.807, 2.05) is 0 Å². The molecule has 0 saturated carbocycles. The Balaban J connectivity index is 1.79. The standard InChI is InChI=1S/C26H25F4NO5/c1-15(16-8-21(27)14-23(9-16)35-3)31-4-5-36-24-11-18(7-20(13-24)26(28,29)30)17-6-19(25(32)33)12-22(10-17)34-2/h6-15,31H,4-5H2,1-3H3,(H,32,33). The van der Waals surface area contributed by atoms with Crippen molar-refractivity contribution in [2.24, 2.45) is 0 Å². The van der Waals surface area contributed by atoms with Gasteiger partial charge in [0.15, 0.2) is 0 Å². The summed E-state index contributed by atoms with van der Waals surface area (Å²) < 4.78 is 70.2. The van der Waals surface area contributed by atoms with E-state index in [0.29, 0.717) is 11.3 Å². The lowest BCUT2D eigenvalue weighted by atomic mass is 10.00. The van der Waals surface area contributed by atoms with Crippen molar-refractivity contribution >= 4 is 5.97 Å². The number of benzene rings is 3. The highest BCUT2D eigenvalue weighted by Gasteiger charge is 2.31. The molecule has 6 nitrogen and oxygen atoms in total. The van der Waals surface area contributed by atoms with Crippen LogP contribution in [0.2, 0.25) is 0 Å². The predicted octanol–water partition coefficient (Wildman–Crippen LogP) is 5.96. The molecule has 1 unspecified atom stereocenters. The highest BCUT2D eigenvalue weighted by Crippen LogP contribution is 2.37. The molecule has 192 valence electrons. The zero-order chi connectivity index (χ0) is 26.5. The van der Waals surface area contributed by atoms with Crippen molar-refractivity contribution in [3.8, 4) is 28.4 Å². The van der Waals surface area contributed by atoms with Crippen molar-refractivity contribution in [2.75, 3.05) is 27.4 Å². The van der Waals surface area contributed by atoms with Crippen LogP contribution in [0.15, 0.2) is 54.6 Å². The number of methoxy groups -OCH3 is 2. The zero-order valence-electron chi connectivity index (χ0n) is 19.8. The molecule has 3 rings (SSSR count). The maximum absolute atomic E-state index is 13.7. The summed E-state index contributed by atoms with van der Waals surface area (Å²) in [6.45, 7) is 2.09. The van der Waals surface area contributed by atoms with E-state index in [4.69, 9.17) is 14.2 Å². The van der Waals surface area contributed by atoms with Crippen LogP contribution in [-0.4, -0.2) is 38.4 Å². The fourth-order valence-corrected chi connectivity index (χ4v) is 3.53. The van der Waals surface area contributed by atoms with Gasteiger partial charge in [-0.15, -0.1) is 0 Å². The Kier molecular flexibility index (Phi) is 8.41. The summed E-state index contributed by atoms with van der Waals surface area (Å²) in [6.07, 6.45) is -4.65. The largest absolute Gasteiger partial charge is 0.497 e. The first-order valence-electron chi connectivity index (χ1n) is 10.9. The number of halogens is 4. The van der Waals surface area contributed by atoms with Gasteiger partial charge in [-0.1, -0.05) is 0 Å². The highest BCUT2D eigenvalue weighted by atomic mass is 19.4. The van der Waals surface area contributed by atoms with Crippen LogP contribution >= 0.6 is 0 Å². The summed E-state index contributed by atoms with van der Waals surface area (Å²) in [5.74, 6) is -1.17. The van der Waals surface area contributed by atoms with Crippen molar-refractivity contribution in [3.05, 3.63) is 77.1 Å². The van der Waals surface area contributed by atoms with E-state index in [-0.39, 0.29) is 47.4 Å². The quantitative estimate of drug-likeness (QED) is 0.261. The smallest absolute Gasteiger partial charge is 0.416 e. The average Bonchev–Trinajstić information content (AvgIpc) is 2.84. The molecular formula is C26H25F4NO5. The predicted molar refractivity (Wildman–Crippen MR) is 125 cm³/mol. The Labute approximate surface area is 205 Å². The van der Waals surface area contributed by atoms with Gasteiger partial charge in [-0.25, -0.2) is 9.18 Å². The van der Waals surface area contributed by atoms with Gasteiger partial charge in [-0.2, -0.15) is 13.2 Å². The molecule has 0 radical (unpaired) electrons. The summed E-state index contributed by atoms with van der Waals surface area (Å²) in [5.41, 5.74) is -0.0800. The molecule has 2 N–H and O–H groups in total. The second-order valence-corrected chi connectivity index (χ2v) is 7.95. The second kappa shape index (κ2) is 11.3. The molecule has 0 spiro atoms. The Morgan fingerprint density at radius 1 is 0.917 bits per heavy atom. The summed E-state index contributed by atoms with van der Waals surface area (Å²) in [5, 5.41) is 12.5. The first kappa shape index (κ1) is 26.8. The van der Waals surface area contributed by atoms with Crippen molar-refractivity contribution in [3.63, 3.8) is 0 Å². The number of ether oxygens (including phenoxy) is 3. The number of hydrogen-bond acceptors (Lipinski definition) is 5. The number of carboxylic acids is 1. The van der Waals surface area contributed by atoms with E-state index in [9.17, 15) is 27.5 Å². The molecule has 0 aliphatic carbocycles. The van der Waals surface area contributed by atoms with Gasteiger partial charge < -0.3 is 24.6 Å². The molecule has 0 aliphatic rings. The Bertz CT molecular complexity index is 1230. The average molecular weight is 507 g/mol. The van der Waals surface area contributed by atoms with Gasteiger partial charge in [-0.05, 0) is 72.1 Å². The van der Waals surface area contributed by atoms with Crippen LogP contribution < -0.4 is 19.5 Å². The van der Waals surface area contributed by atoms with E-state index in [1.54, 1.807) is 13.0 Å². The number of hydrogen-bond donors (Lipinski definition) is 2. The molecule has 36 heavy (non-hydrogen) atoms. The third kappa shape index (κ3) is 6.88. The van der Waals surface area contributed by atoms with Crippen LogP contribution in [0.5, 0.6) is 17.2 Å². The first-order valence-corrected chi connectivity index (χ1v) is 10.9. The molecule has 3 aromatic carbocycles. The first-order chi connectivity index (χ1) is 17.0. The van der Waals surface area contributed by atoms with Gasteiger partial charge in [0.1, 0.15) is 29.7 Å². The summed E-state index contributed by atoms with van der Waals surface area (Å²) >= 11 is 0. The molecular weight excluding hydrogens is 482 g/mol. The fourth-order valence-electron chi connectivity index (χ4n) is 3.53. The SMILES string of the molecule is COc1cc(C(=O)O)cc(-c2cc(OCCNC(C)c3cc(F)cc(OC)c3)cc(C(F)(F)F)c2)c1. The lowest BCUT2D eigenvalue weighted by Crippen LogP contribution is -2.24. The minimum atomic E-state index is -4.65. The van der Waals surface area contributed by atoms with Crippen LogP contribution in [0.25, 0.3) is 11.1 Å². The zero-order valence-corrected chi connectivity index (χ0v) is 19.8. The van der Waals surface area contributed by atoms with E-state index >= 15 is 0 Å². The molecule has 3 aromatic rings. The minimum Gasteiger partial charge on any atom is -0.497 e. The summed E-state index contributed by atoms with van der Waals surface area (Å²) in [7, 11) is 2.77. The van der Waals surface area contributed by atoms with Gasteiger partial charge in [0.25, 0.3) is 0 Å². The Morgan fingerprint density at radius 3 is 2.19 bits per heavy atom. The van der Waals surface area contributed by atoms with Crippen molar-refractivity contribution in [1.82, 2.24) is 5.32 Å². The molecule has 0 aromatic heterocycles. The van der Waals surface area contributed by atoms with Crippen LogP contribution in [-0.2, 0) is 6.18 Å². The minimum absolute atomic E-state index is 0.0238. The van der Waals surface area contributed by atoms with E-state index in [1.165, 1.54) is 50.6 Å². The van der Waals surface area contributed by atoms with Crippen molar-refractivity contribution in [1.29, 1.82) is 0 Å². The van der Waals surface area contributed by atoms with Gasteiger partial charge in [0.05, 0.1) is 25.3 Å². The molecule has 0 fully saturated rings. The van der Waals surface area contributed by atoms with E-state index in [0.717, 1.165) is 12.1 Å². The van der Waals surface area contributed by atoms with Gasteiger partial charge in [-0.3, -0.25) is 0 Å². The van der Waals surface area contributed by atoms with Crippen LogP contribution in [0, 0.1) is 5.82 Å². The second-order valence-electron chi connectivity index (χ2n) is 7.95. The highest BCUT2D eigenvalue weighted by molar-refractivity contribution is 5.90. The maximum atomic E-state index is 13.7. The lowest BCUT2D eigenvalue weighted by molar-refractivity contribution is -0.137. The number of alkyl halides is 3. The monoisotopic (exact) mass is 507 g/mol. The third-order valence-corrected chi connectivity index (χ3v) is 5.41. The number of carbonyl (C=O) groups is 1. The van der Waals surface area contributed by atoms with Gasteiger partial charge in [0.2, 0.25) is 0 Å². The van der Waals surface area contributed by atoms with Crippen LogP contribution in [0.3, 0.4) is 0 Å². The number of rotatable bonds is 10. The van der Waals surface area contributed by atoms with E-state index in [2.05, 4.69) is 5.32 Å². The normalized spacial score (nSPS) is 12.2. The molecule has 0 saturated heterocycles. The molecule has 0 bridgehead atoms. The fraction of sp³-hybridized carbons (Fsp3) is 0.269. The number of nitrogens with one attached hydrogen (secondary N) is 1. The molecule has 0 heterocycles. The van der Waals surface area contributed by atoms with E-state index < -0.39 is 23.5 Å². The third-order valence-electron chi connectivity index (χ3n) is 5.41. The number of carboxylic acid groups (broad SMARTS) is 1. The van der Waals surface area contributed by atoms with Crippen molar-refractivity contribution in [2.45, 2.75) is 19.1 Å². The lowest BCUT2D eigenvalue weighted by Gasteiger charge is -2.17. The maximum Gasteiger partial charge on any atom is 0.416 e. The molecule has 10 heteroatoms. The number of aromatic carboxylic acids is 1. The molecule has 0 aliphatic heterocycles. The Morgan fingerprint density at radius 2 is 1.56 bits per heavy atom. The topological polar surface area (TPSA) is 77.0 Å². The molecule has 0 amide bonds. The van der Waals surface area contributed by atoms with Gasteiger partial charge >= 0.3 is 12.1 Å². The van der Waals surface area contributed by atoms with Gasteiger partial charge in [0, 0.05) is 18.7 Å².